The summed E-state index contributed by atoms with van der Waals surface area (Å²) in [6.45, 7) is 0. The first kappa shape index (κ1) is 9.95. The van der Waals surface area contributed by atoms with Gasteiger partial charge in [-0.15, -0.1) is 0 Å². The Hall–Kier alpha value is -0.590. The molecular weight excluding hydrogens is 293 g/mol. The van der Waals surface area contributed by atoms with E-state index in [-0.39, 0.29) is 9.83 Å². The molecule has 0 saturated heterocycles. The van der Waals surface area contributed by atoms with Crippen LogP contribution in [0, 0.1) is 0 Å². The molecule has 1 aliphatic heterocycles. The number of fused-ring (bicyclic) bond motifs is 1. The highest BCUT2D eigenvalue weighted by molar-refractivity contribution is 14.1. The number of hydrogen-bond donors (Lipinski definition) is 0. The Bertz CT molecular complexity index is 374. The van der Waals surface area contributed by atoms with Crippen molar-refractivity contribution in [1.82, 2.24) is 9.78 Å². The minimum absolute atomic E-state index is 0.0880. The van der Waals surface area contributed by atoms with E-state index < -0.39 is 0 Å². The van der Waals surface area contributed by atoms with Crippen LogP contribution >= 0.6 is 22.6 Å². The van der Waals surface area contributed by atoms with Crippen LogP contribution < -0.4 is 4.90 Å². The predicted octanol–water partition coefficient (Wildman–Crippen LogP) is 1.13. The van der Waals surface area contributed by atoms with E-state index >= 15 is 0 Å². The lowest BCUT2D eigenvalue weighted by atomic mass is 10.2. The van der Waals surface area contributed by atoms with Crippen LogP contribution in [0.3, 0.4) is 0 Å². The van der Waals surface area contributed by atoms with Crippen molar-refractivity contribution in [3.05, 3.63) is 11.9 Å². The smallest absolute Gasteiger partial charge is 0.239 e. The van der Waals surface area contributed by atoms with Crippen LogP contribution in [-0.2, 0) is 18.3 Å². The molecule has 0 saturated carbocycles. The number of alkyl halides is 1. The van der Waals surface area contributed by atoms with Crippen LogP contribution in [-0.4, -0.2) is 26.7 Å². The molecule has 1 aliphatic rings. The van der Waals surface area contributed by atoms with Crippen molar-refractivity contribution in [2.24, 2.45) is 7.05 Å². The van der Waals surface area contributed by atoms with Gasteiger partial charge in [-0.25, -0.2) is 0 Å². The van der Waals surface area contributed by atoms with E-state index in [1.165, 1.54) is 0 Å². The molecule has 1 amide bonds. The van der Waals surface area contributed by atoms with Gasteiger partial charge in [-0.3, -0.25) is 9.48 Å². The van der Waals surface area contributed by atoms with E-state index in [0.29, 0.717) is 0 Å². The van der Waals surface area contributed by atoms with Gasteiger partial charge in [0.05, 0.1) is 21.5 Å². The molecule has 0 aromatic carbocycles. The molecule has 1 aromatic heterocycles. The summed E-state index contributed by atoms with van der Waals surface area (Å²) < 4.78 is 1.94. The Balaban J connectivity index is 2.45. The summed E-state index contributed by atoms with van der Waals surface area (Å²) in [4.78, 5) is 13.5. The van der Waals surface area contributed by atoms with Gasteiger partial charge in [-0.2, -0.15) is 5.10 Å². The second kappa shape index (κ2) is 3.52. The van der Waals surface area contributed by atoms with E-state index in [2.05, 4.69) is 27.7 Å². The Morgan fingerprint density at radius 1 is 1.57 bits per heavy atom. The van der Waals surface area contributed by atoms with Gasteiger partial charge < -0.3 is 4.90 Å². The quantitative estimate of drug-likeness (QED) is 0.532. The number of aromatic nitrogens is 2. The van der Waals surface area contributed by atoms with Gasteiger partial charge in [0.1, 0.15) is 0 Å². The number of carbonyl (C=O) groups excluding carboxylic acids is 1. The first-order chi connectivity index (χ1) is 6.61. The van der Waals surface area contributed by atoms with Crippen LogP contribution in [0.2, 0.25) is 0 Å². The first-order valence-electron chi connectivity index (χ1n) is 4.53. The molecule has 5 heteroatoms. The maximum Gasteiger partial charge on any atom is 0.239 e. The molecule has 14 heavy (non-hydrogen) atoms. The molecule has 1 aromatic rings. The van der Waals surface area contributed by atoms with E-state index in [4.69, 9.17) is 0 Å². The number of halogens is 1. The van der Waals surface area contributed by atoms with Gasteiger partial charge in [0.15, 0.2) is 0 Å². The summed E-state index contributed by atoms with van der Waals surface area (Å²) in [5.74, 6) is 0.178. The summed E-state index contributed by atoms with van der Waals surface area (Å²) in [5.41, 5.74) is 2.11. The molecule has 76 valence electrons. The highest BCUT2D eigenvalue weighted by Gasteiger charge is 2.27. The lowest BCUT2D eigenvalue weighted by Crippen LogP contribution is -2.31. The second-order valence-electron chi connectivity index (χ2n) is 3.50. The van der Waals surface area contributed by atoms with Crippen molar-refractivity contribution < 1.29 is 4.79 Å². The van der Waals surface area contributed by atoms with E-state index in [9.17, 15) is 4.79 Å². The predicted molar refractivity (Wildman–Crippen MR) is 62.7 cm³/mol. The molecule has 2 heterocycles. The van der Waals surface area contributed by atoms with Crippen molar-refractivity contribution in [3.8, 4) is 0 Å². The molecule has 1 unspecified atom stereocenters. The Labute approximate surface area is 96.4 Å². The van der Waals surface area contributed by atoms with Gasteiger partial charge in [-0.1, -0.05) is 22.6 Å². The Kier molecular flexibility index (Phi) is 2.50. The molecular formula is C9H12IN3O. The highest BCUT2D eigenvalue weighted by atomic mass is 127. The van der Waals surface area contributed by atoms with Crippen LogP contribution in [0.25, 0.3) is 0 Å². The monoisotopic (exact) mass is 305 g/mol. The van der Waals surface area contributed by atoms with Crippen molar-refractivity contribution in [2.45, 2.75) is 16.8 Å². The van der Waals surface area contributed by atoms with Crippen LogP contribution in [0.1, 0.15) is 12.1 Å². The van der Waals surface area contributed by atoms with E-state index in [1.54, 1.807) is 11.1 Å². The SMILES string of the molecule is CN1C(=O)C(I)CCc2c1cnn2C. The largest absolute Gasteiger partial charge is 0.311 e. The Morgan fingerprint density at radius 2 is 2.29 bits per heavy atom. The molecule has 0 radical (unpaired) electrons. The fraction of sp³-hybridized carbons (Fsp3) is 0.556. The maximum absolute atomic E-state index is 11.8. The fourth-order valence-electron chi connectivity index (χ4n) is 1.74. The van der Waals surface area contributed by atoms with Crippen molar-refractivity contribution in [1.29, 1.82) is 0 Å². The number of hydrogen-bond acceptors (Lipinski definition) is 2. The summed E-state index contributed by atoms with van der Waals surface area (Å²) in [6, 6.07) is 0. The number of anilines is 1. The fourth-order valence-corrected chi connectivity index (χ4v) is 2.47. The van der Waals surface area contributed by atoms with Gasteiger partial charge in [-0.05, 0) is 12.8 Å². The Morgan fingerprint density at radius 3 is 3.00 bits per heavy atom. The van der Waals surface area contributed by atoms with Gasteiger partial charge in [0, 0.05) is 14.1 Å². The topological polar surface area (TPSA) is 38.1 Å². The van der Waals surface area contributed by atoms with Crippen LogP contribution in [0.4, 0.5) is 5.69 Å². The number of amides is 1. The molecule has 0 fully saturated rings. The van der Waals surface area contributed by atoms with E-state index in [1.807, 2.05) is 18.8 Å². The zero-order chi connectivity index (χ0) is 10.3. The molecule has 0 bridgehead atoms. The van der Waals surface area contributed by atoms with Gasteiger partial charge in [0.25, 0.3) is 0 Å². The lowest BCUT2D eigenvalue weighted by molar-refractivity contribution is -0.117. The summed E-state index contributed by atoms with van der Waals surface area (Å²) >= 11 is 2.21. The summed E-state index contributed by atoms with van der Waals surface area (Å²) in [7, 11) is 3.74. The minimum Gasteiger partial charge on any atom is -0.311 e. The average molecular weight is 305 g/mol. The number of aryl methyl sites for hydroxylation is 1. The van der Waals surface area contributed by atoms with Crippen molar-refractivity contribution in [2.75, 3.05) is 11.9 Å². The first-order valence-corrected chi connectivity index (χ1v) is 5.78. The molecule has 0 spiro atoms. The van der Waals surface area contributed by atoms with Gasteiger partial charge >= 0.3 is 0 Å². The summed E-state index contributed by atoms with van der Waals surface area (Å²) in [5, 5.41) is 4.17. The lowest BCUT2D eigenvalue weighted by Gasteiger charge is -2.15. The standard InChI is InChI=1S/C9H12IN3O/c1-12-8-5-11-13(2)7(8)4-3-6(10)9(12)14/h5-6H,3-4H2,1-2H3. The zero-order valence-corrected chi connectivity index (χ0v) is 10.4. The third kappa shape index (κ3) is 1.43. The van der Waals surface area contributed by atoms with Crippen LogP contribution in [0.15, 0.2) is 6.20 Å². The molecule has 2 rings (SSSR count). The molecule has 0 N–H and O–H groups in total. The normalized spacial score (nSPS) is 22.1. The third-order valence-electron chi connectivity index (χ3n) is 2.63. The van der Waals surface area contributed by atoms with Gasteiger partial charge in [0.2, 0.25) is 5.91 Å². The number of nitrogens with zero attached hydrogens (tertiary/aromatic N) is 3. The third-order valence-corrected chi connectivity index (χ3v) is 3.79. The number of carbonyl (C=O) groups is 1. The number of rotatable bonds is 0. The van der Waals surface area contributed by atoms with Crippen molar-refractivity contribution in [3.63, 3.8) is 0 Å². The van der Waals surface area contributed by atoms with Crippen molar-refractivity contribution >= 4 is 34.2 Å². The zero-order valence-electron chi connectivity index (χ0n) is 8.20. The molecule has 1 atom stereocenters. The minimum atomic E-state index is 0.0880. The average Bonchev–Trinajstić information content (AvgIpc) is 2.49. The molecule has 4 nitrogen and oxygen atoms in total. The van der Waals surface area contributed by atoms with E-state index in [0.717, 1.165) is 24.2 Å². The molecule has 0 aliphatic carbocycles. The second-order valence-corrected chi connectivity index (χ2v) is 5.01. The highest BCUT2D eigenvalue weighted by Crippen LogP contribution is 2.27. The maximum atomic E-state index is 11.8. The van der Waals surface area contributed by atoms with Crippen LogP contribution in [0.5, 0.6) is 0 Å². The summed E-state index contributed by atoms with van der Waals surface area (Å²) in [6.07, 6.45) is 3.59.